The molecule has 24 heavy (non-hydrogen) atoms. The topological polar surface area (TPSA) is 78.9 Å². The molecule has 0 aliphatic heterocycles. The van der Waals surface area contributed by atoms with Crippen LogP contribution in [0.2, 0.25) is 0 Å². The maximum Gasteiger partial charge on any atom is 0.448 e. The highest BCUT2D eigenvalue weighted by molar-refractivity contribution is 7.93. The maximum absolute atomic E-state index is 13.0. The molecule has 2 rings (SSSR count). The van der Waals surface area contributed by atoms with Gasteiger partial charge in [-0.3, -0.25) is 4.18 Å². The molecule has 0 aliphatic carbocycles. The SMILES string of the molecule is C#CCOS(=O)(=O)CP(=O)(Oc1ccccc1)Oc1ccccc1. The molecule has 0 saturated carbocycles. The predicted molar refractivity (Wildman–Crippen MR) is 90.3 cm³/mol. The summed E-state index contributed by atoms with van der Waals surface area (Å²) in [5.41, 5.74) is -0.967. The number of benzene rings is 2. The van der Waals surface area contributed by atoms with E-state index < -0.39 is 29.8 Å². The Hall–Kier alpha value is -2.26. The average Bonchev–Trinajstić information content (AvgIpc) is 2.54. The summed E-state index contributed by atoms with van der Waals surface area (Å²) in [5, 5.41) is 0. The van der Waals surface area contributed by atoms with Crippen LogP contribution in [0.5, 0.6) is 11.5 Å². The van der Waals surface area contributed by atoms with Crippen LogP contribution in [0.25, 0.3) is 0 Å². The van der Waals surface area contributed by atoms with Crippen LogP contribution in [0.1, 0.15) is 0 Å². The van der Waals surface area contributed by atoms with Gasteiger partial charge < -0.3 is 9.05 Å². The third-order valence-corrected chi connectivity index (χ3v) is 6.60. The van der Waals surface area contributed by atoms with Gasteiger partial charge in [0.25, 0.3) is 10.1 Å². The highest BCUT2D eigenvalue weighted by atomic mass is 32.2. The van der Waals surface area contributed by atoms with Crippen LogP contribution in [-0.2, 0) is 18.9 Å². The quantitative estimate of drug-likeness (QED) is 0.405. The molecule has 0 heterocycles. The molecule has 0 aromatic heterocycles. The molecule has 0 fully saturated rings. The molecule has 0 spiro atoms. The molecule has 0 radical (unpaired) electrons. The minimum Gasteiger partial charge on any atom is -0.415 e. The van der Waals surface area contributed by atoms with E-state index in [1.165, 1.54) is 24.3 Å². The monoisotopic (exact) mass is 366 g/mol. The van der Waals surface area contributed by atoms with Crippen LogP contribution in [-0.4, -0.2) is 20.5 Å². The average molecular weight is 366 g/mol. The normalized spacial score (nSPS) is 11.5. The van der Waals surface area contributed by atoms with Gasteiger partial charge in [0.1, 0.15) is 18.1 Å². The smallest absolute Gasteiger partial charge is 0.415 e. The van der Waals surface area contributed by atoms with Gasteiger partial charge in [0.15, 0.2) is 5.49 Å². The van der Waals surface area contributed by atoms with E-state index in [1.54, 1.807) is 36.4 Å². The first-order chi connectivity index (χ1) is 11.4. The molecular weight excluding hydrogens is 351 g/mol. The lowest BCUT2D eigenvalue weighted by Crippen LogP contribution is -2.16. The molecule has 0 N–H and O–H groups in total. The zero-order valence-electron chi connectivity index (χ0n) is 12.6. The maximum atomic E-state index is 13.0. The highest BCUT2D eigenvalue weighted by Crippen LogP contribution is 2.49. The Bertz CT molecular complexity index is 798. The zero-order valence-corrected chi connectivity index (χ0v) is 14.3. The highest BCUT2D eigenvalue weighted by Gasteiger charge is 2.36. The molecular formula is C16H15O6PS. The number of hydrogen-bond donors (Lipinski definition) is 0. The minimum atomic E-state index is -4.20. The summed E-state index contributed by atoms with van der Waals surface area (Å²) < 4.78 is 52.1. The van der Waals surface area contributed by atoms with Crippen molar-refractivity contribution in [3.05, 3.63) is 60.7 Å². The van der Waals surface area contributed by atoms with Crippen molar-refractivity contribution in [2.24, 2.45) is 0 Å². The Morgan fingerprint density at radius 1 is 0.917 bits per heavy atom. The molecule has 0 amide bonds. The van der Waals surface area contributed by atoms with Crippen molar-refractivity contribution in [3.8, 4) is 23.8 Å². The summed E-state index contributed by atoms with van der Waals surface area (Å²) in [6.07, 6.45) is 4.98. The molecule has 6 nitrogen and oxygen atoms in total. The van der Waals surface area contributed by atoms with Gasteiger partial charge in [-0.1, -0.05) is 42.3 Å². The van der Waals surface area contributed by atoms with Gasteiger partial charge in [-0.25, -0.2) is 4.57 Å². The van der Waals surface area contributed by atoms with E-state index >= 15 is 0 Å². The number of terminal acetylenes is 1. The standard InChI is InChI=1S/C16H15O6PS/c1-2-13-20-24(18,19)14-23(17,21-15-9-5-3-6-10-15)22-16-11-7-4-8-12-16/h1,3-12H,13-14H2. The van der Waals surface area contributed by atoms with E-state index in [-0.39, 0.29) is 11.5 Å². The lowest BCUT2D eigenvalue weighted by atomic mass is 10.3. The summed E-state index contributed by atoms with van der Waals surface area (Å²) in [5.74, 6) is 2.46. The van der Waals surface area contributed by atoms with E-state index in [4.69, 9.17) is 15.5 Å². The van der Waals surface area contributed by atoms with Gasteiger partial charge >= 0.3 is 7.60 Å². The van der Waals surface area contributed by atoms with Gasteiger partial charge in [0, 0.05) is 0 Å². The second kappa shape index (κ2) is 8.02. The van der Waals surface area contributed by atoms with E-state index in [0.29, 0.717) is 0 Å². The van der Waals surface area contributed by atoms with Gasteiger partial charge in [-0.2, -0.15) is 8.42 Å². The lowest BCUT2D eigenvalue weighted by Gasteiger charge is -2.19. The summed E-state index contributed by atoms with van der Waals surface area (Å²) in [6, 6.07) is 16.3. The fraction of sp³-hybridized carbons (Fsp3) is 0.125. The molecule has 2 aromatic carbocycles. The summed E-state index contributed by atoms with van der Waals surface area (Å²) in [7, 11) is -8.30. The Kier molecular flexibility index (Phi) is 6.04. The first-order valence-electron chi connectivity index (χ1n) is 6.81. The van der Waals surface area contributed by atoms with Crippen LogP contribution in [0.3, 0.4) is 0 Å². The van der Waals surface area contributed by atoms with Gasteiger partial charge in [0.05, 0.1) is 0 Å². The minimum absolute atomic E-state index is 0.212. The third kappa shape index (κ3) is 5.74. The van der Waals surface area contributed by atoms with Crippen molar-refractivity contribution in [2.45, 2.75) is 0 Å². The summed E-state index contributed by atoms with van der Waals surface area (Å²) in [4.78, 5) is 0. The molecule has 8 heteroatoms. The zero-order chi connectivity index (χ0) is 17.5. The summed E-state index contributed by atoms with van der Waals surface area (Å²) in [6.45, 7) is -0.459. The van der Waals surface area contributed by atoms with Crippen LogP contribution >= 0.6 is 7.60 Å². The first-order valence-corrected chi connectivity index (χ1v) is 10.1. The number of para-hydroxylation sites is 2. The fourth-order valence-corrected chi connectivity index (χ4v) is 5.15. The Labute approximate surface area is 141 Å². The van der Waals surface area contributed by atoms with E-state index in [2.05, 4.69) is 4.18 Å². The van der Waals surface area contributed by atoms with Gasteiger partial charge in [-0.05, 0) is 24.3 Å². The molecule has 0 saturated heterocycles. The first kappa shape index (κ1) is 18.1. The van der Waals surface area contributed by atoms with Gasteiger partial charge in [0.2, 0.25) is 0 Å². The molecule has 2 aromatic rings. The second-order valence-electron chi connectivity index (χ2n) is 4.57. The van der Waals surface area contributed by atoms with Crippen LogP contribution < -0.4 is 9.05 Å². The van der Waals surface area contributed by atoms with Crippen LogP contribution in [0.15, 0.2) is 60.7 Å². The van der Waals surface area contributed by atoms with Crippen LogP contribution in [0.4, 0.5) is 0 Å². The lowest BCUT2D eigenvalue weighted by molar-refractivity contribution is 0.358. The Balaban J connectivity index is 2.27. The molecule has 126 valence electrons. The molecule has 0 atom stereocenters. The largest absolute Gasteiger partial charge is 0.448 e. The van der Waals surface area contributed by atoms with E-state index in [0.717, 1.165) is 0 Å². The number of hydrogen-bond acceptors (Lipinski definition) is 6. The predicted octanol–water partition coefficient (Wildman–Crippen LogP) is 3.27. The molecule has 0 aliphatic rings. The molecule has 0 unspecified atom stereocenters. The van der Waals surface area contributed by atoms with E-state index in [1.807, 2.05) is 5.92 Å². The van der Waals surface area contributed by atoms with Crippen LogP contribution in [0, 0.1) is 12.3 Å². The van der Waals surface area contributed by atoms with E-state index in [9.17, 15) is 13.0 Å². The van der Waals surface area contributed by atoms with Crippen molar-refractivity contribution in [1.29, 1.82) is 0 Å². The second-order valence-corrected chi connectivity index (χ2v) is 8.54. The Morgan fingerprint density at radius 2 is 1.38 bits per heavy atom. The van der Waals surface area contributed by atoms with Gasteiger partial charge in [-0.15, -0.1) is 6.42 Å². The van der Waals surface area contributed by atoms with Crippen molar-refractivity contribution in [2.75, 3.05) is 12.1 Å². The summed E-state index contributed by atoms with van der Waals surface area (Å²) >= 11 is 0. The fourth-order valence-electron chi connectivity index (χ4n) is 1.71. The Morgan fingerprint density at radius 3 is 1.79 bits per heavy atom. The van der Waals surface area contributed by atoms with Crippen molar-refractivity contribution in [1.82, 2.24) is 0 Å². The van der Waals surface area contributed by atoms with Crippen molar-refractivity contribution in [3.63, 3.8) is 0 Å². The number of rotatable bonds is 8. The van der Waals surface area contributed by atoms with Crippen molar-refractivity contribution < 1.29 is 26.2 Å². The van der Waals surface area contributed by atoms with Crippen molar-refractivity contribution >= 4 is 17.7 Å². The molecule has 0 bridgehead atoms. The third-order valence-electron chi connectivity index (χ3n) is 2.61.